The number of benzene rings is 1. The number of rotatable bonds is 6. The predicted molar refractivity (Wildman–Crippen MR) is 121 cm³/mol. The molecule has 1 atom stereocenters. The first-order chi connectivity index (χ1) is 14.9. The molecule has 2 aromatic heterocycles. The molecule has 2 N–H and O–H groups in total. The minimum absolute atomic E-state index is 0.0402. The largest absolute Gasteiger partial charge is 0.493 e. The zero-order valence-electron chi connectivity index (χ0n) is 16.6. The minimum Gasteiger partial charge on any atom is -0.493 e. The zero-order valence-corrected chi connectivity index (χ0v) is 18.2. The van der Waals surface area contributed by atoms with Gasteiger partial charge in [0, 0.05) is 35.2 Å². The molecule has 0 spiro atoms. The monoisotopic (exact) mass is 454 g/mol. The average Bonchev–Trinajstić information content (AvgIpc) is 3.39. The number of aromatic hydroxyl groups is 1. The first kappa shape index (κ1) is 21.1. The van der Waals surface area contributed by atoms with Crippen molar-refractivity contribution in [2.45, 2.75) is 19.4 Å². The van der Waals surface area contributed by atoms with Gasteiger partial charge in [0.2, 0.25) is 11.8 Å². The summed E-state index contributed by atoms with van der Waals surface area (Å²) in [6.07, 6.45) is 4.91. The van der Waals surface area contributed by atoms with E-state index in [1.807, 2.05) is 24.3 Å². The molecule has 0 aliphatic carbocycles. The number of carbonyl (C=O) groups is 2. The van der Waals surface area contributed by atoms with Gasteiger partial charge in [-0.05, 0) is 54.5 Å². The van der Waals surface area contributed by atoms with Crippen LogP contribution < -0.4 is 10.1 Å². The van der Waals surface area contributed by atoms with Crippen molar-refractivity contribution in [3.63, 3.8) is 0 Å². The lowest BCUT2D eigenvalue weighted by Crippen LogP contribution is -2.33. The van der Waals surface area contributed by atoms with Crippen LogP contribution in [0.15, 0.2) is 48.7 Å². The number of aromatic nitrogens is 1. The third-order valence-electron chi connectivity index (χ3n) is 4.79. The molecule has 1 amide bonds. The highest BCUT2D eigenvalue weighted by atomic mass is 35.5. The lowest BCUT2D eigenvalue weighted by molar-refractivity contribution is -0.116. The molecule has 158 valence electrons. The van der Waals surface area contributed by atoms with Crippen LogP contribution in [-0.4, -0.2) is 34.4 Å². The number of Topliss-reactive ketones (excluding diaryl/α,β-unsaturated/α-hetero) is 1. The smallest absolute Gasteiger partial charge is 0.244 e. The van der Waals surface area contributed by atoms with Gasteiger partial charge in [0.25, 0.3) is 0 Å². The molecule has 3 aromatic rings. The molecule has 8 heteroatoms. The maximum atomic E-state index is 12.1. The fourth-order valence-electron chi connectivity index (χ4n) is 3.27. The number of hydrogen-bond acceptors (Lipinski definition) is 6. The summed E-state index contributed by atoms with van der Waals surface area (Å²) in [5.74, 6) is 0.353. The second kappa shape index (κ2) is 8.91. The van der Waals surface area contributed by atoms with Crippen molar-refractivity contribution in [1.82, 2.24) is 10.3 Å². The molecule has 31 heavy (non-hydrogen) atoms. The topological polar surface area (TPSA) is 88.5 Å². The summed E-state index contributed by atoms with van der Waals surface area (Å²) >= 11 is 7.88. The molecule has 3 heterocycles. The van der Waals surface area contributed by atoms with Crippen LogP contribution in [0.1, 0.15) is 27.7 Å². The van der Waals surface area contributed by atoms with E-state index in [0.717, 1.165) is 16.0 Å². The normalized spacial score (nSPS) is 15.0. The zero-order chi connectivity index (χ0) is 22.0. The van der Waals surface area contributed by atoms with E-state index in [4.69, 9.17) is 16.3 Å². The van der Waals surface area contributed by atoms with Gasteiger partial charge >= 0.3 is 0 Å². The summed E-state index contributed by atoms with van der Waals surface area (Å²) in [6, 6.07) is 10.7. The van der Waals surface area contributed by atoms with E-state index >= 15 is 0 Å². The molecule has 1 aliphatic rings. The maximum absolute atomic E-state index is 12.1. The van der Waals surface area contributed by atoms with Crippen LogP contribution in [0, 0.1) is 0 Å². The van der Waals surface area contributed by atoms with E-state index in [-0.39, 0.29) is 23.7 Å². The summed E-state index contributed by atoms with van der Waals surface area (Å²) in [6.45, 7) is 1.89. The standard InChI is InChI=1S/C23H19ClN2O4S/c1-13(27)19-4-5-20(31-19)15-8-16-9-17(30-23(16)18(24)10-15)12-26-22(29)7-3-14-2-6-21(28)25-11-14/h2-8,10-11,17H,9,12H2,1H3,(H,25,28)(H,26,29). The summed E-state index contributed by atoms with van der Waals surface area (Å²) in [5.41, 5.74) is 2.63. The van der Waals surface area contributed by atoms with Crippen LogP contribution in [0.25, 0.3) is 16.5 Å². The van der Waals surface area contributed by atoms with Crippen LogP contribution in [0.4, 0.5) is 0 Å². The number of ketones is 1. The lowest BCUT2D eigenvalue weighted by Gasteiger charge is -2.11. The Balaban J connectivity index is 1.38. The molecule has 1 unspecified atom stereocenters. The number of carbonyl (C=O) groups excluding carboxylic acids is 2. The van der Waals surface area contributed by atoms with Gasteiger partial charge in [-0.2, -0.15) is 0 Å². The second-order valence-electron chi connectivity index (χ2n) is 7.14. The Hall–Kier alpha value is -3.16. The van der Waals surface area contributed by atoms with Crippen LogP contribution >= 0.6 is 22.9 Å². The molecule has 0 saturated heterocycles. The van der Waals surface area contributed by atoms with E-state index in [1.54, 1.807) is 19.1 Å². The highest BCUT2D eigenvalue weighted by molar-refractivity contribution is 7.17. The Morgan fingerprint density at radius 2 is 2.16 bits per heavy atom. The second-order valence-corrected chi connectivity index (χ2v) is 8.63. The van der Waals surface area contributed by atoms with Crippen LogP contribution in [0.3, 0.4) is 0 Å². The molecule has 4 rings (SSSR count). The van der Waals surface area contributed by atoms with Crippen LogP contribution in [0.5, 0.6) is 11.6 Å². The van der Waals surface area contributed by atoms with Crippen molar-refractivity contribution in [1.29, 1.82) is 0 Å². The number of halogens is 1. The predicted octanol–water partition coefficient (Wildman–Crippen LogP) is 4.50. The van der Waals surface area contributed by atoms with Gasteiger partial charge in [-0.15, -0.1) is 11.3 Å². The first-order valence-corrected chi connectivity index (χ1v) is 10.8. The van der Waals surface area contributed by atoms with Gasteiger partial charge in [-0.25, -0.2) is 4.98 Å². The van der Waals surface area contributed by atoms with Gasteiger partial charge in [-0.1, -0.05) is 11.6 Å². The summed E-state index contributed by atoms with van der Waals surface area (Å²) in [4.78, 5) is 29.1. The third-order valence-corrected chi connectivity index (χ3v) is 6.31. The molecule has 1 aliphatic heterocycles. The molecular formula is C23H19ClN2O4S. The Kier molecular flexibility index (Phi) is 6.06. The number of pyridine rings is 1. The van der Waals surface area contributed by atoms with Gasteiger partial charge in [0.1, 0.15) is 11.9 Å². The number of nitrogens with zero attached hydrogens (tertiary/aromatic N) is 1. The van der Waals surface area contributed by atoms with Gasteiger partial charge in [-0.3, -0.25) is 9.59 Å². The van der Waals surface area contributed by atoms with Crippen molar-refractivity contribution < 1.29 is 19.4 Å². The Labute approximate surface area is 188 Å². The quantitative estimate of drug-likeness (QED) is 0.422. The Bertz CT molecular complexity index is 1170. The fraction of sp³-hybridized carbons (Fsp3) is 0.174. The molecular weight excluding hydrogens is 436 g/mol. The number of hydrogen-bond donors (Lipinski definition) is 2. The summed E-state index contributed by atoms with van der Waals surface area (Å²) in [7, 11) is 0. The molecule has 1 aromatic carbocycles. The average molecular weight is 455 g/mol. The summed E-state index contributed by atoms with van der Waals surface area (Å²) < 4.78 is 5.94. The van der Waals surface area contributed by atoms with Gasteiger partial charge in [0.15, 0.2) is 5.78 Å². The molecule has 6 nitrogen and oxygen atoms in total. The molecule has 0 bridgehead atoms. The highest BCUT2D eigenvalue weighted by Gasteiger charge is 2.26. The maximum Gasteiger partial charge on any atom is 0.244 e. The van der Waals surface area contributed by atoms with Crippen molar-refractivity contribution in [3.8, 4) is 22.1 Å². The van der Waals surface area contributed by atoms with E-state index in [2.05, 4.69) is 10.3 Å². The highest BCUT2D eigenvalue weighted by Crippen LogP contribution is 2.41. The number of ether oxygens (including phenoxy) is 1. The number of thiophene rings is 1. The van der Waals surface area contributed by atoms with Crippen molar-refractivity contribution >= 4 is 40.7 Å². The van der Waals surface area contributed by atoms with E-state index < -0.39 is 0 Å². The molecule has 0 saturated carbocycles. The van der Waals surface area contributed by atoms with Gasteiger partial charge < -0.3 is 15.2 Å². The van der Waals surface area contributed by atoms with Crippen LogP contribution in [0.2, 0.25) is 5.02 Å². The Morgan fingerprint density at radius 1 is 1.32 bits per heavy atom. The van der Waals surface area contributed by atoms with E-state index in [1.165, 1.54) is 29.7 Å². The van der Waals surface area contributed by atoms with Crippen molar-refractivity contribution in [2.75, 3.05) is 6.54 Å². The first-order valence-electron chi connectivity index (χ1n) is 9.60. The fourth-order valence-corrected chi connectivity index (χ4v) is 4.44. The van der Waals surface area contributed by atoms with E-state index in [0.29, 0.717) is 34.2 Å². The number of nitrogens with one attached hydrogen (secondary N) is 1. The van der Waals surface area contributed by atoms with Crippen molar-refractivity contribution in [3.05, 3.63) is 69.7 Å². The van der Waals surface area contributed by atoms with E-state index in [9.17, 15) is 14.7 Å². The summed E-state index contributed by atoms with van der Waals surface area (Å²) in [5, 5.41) is 12.5. The SMILES string of the molecule is CC(=O)c1ccc(-c2cc(Cl)c3c(c2)CC(CNC(=O)C=Cc2ccc(O)nc2)O3)s1. The molecule has 0 fully saturated rings. The van der Waals surface area contributed by atoms with Crippen LogP contribution in [-0.2, 0) is 11.2 Å². The Morgan fingerprint density at radius 3 is 2.87 bits per heavy atom. The lowest BCUT2D eigenvalue weighted by atomic mass is 10.1. The number of amides is 1. The van der Waals surface area contributed by atoms with Gasteiger partial charge in [0.05, 0.1) is 16.4 Å². The number of fused-ring (bicyclic) bond motifs is 1. The third kappa shape index (κ3) is 4.95. The molecule has 0 radical (unpaired) electrons. The minimum atomic E-state index is -0.255. The van der Waals surface area contributed by atoms with Crippen molar-refractivity contribution in [2.24, 2.45) is 0 Å².